The van der Waals surface area contributed by atoms with E-state index in [1.165, 1.54) is 0 Å². The minimum absolute atomic E-state index is 0.307. The second-order valence-electron chi connectivity index (χ2n) is 4.14. The Morgan fingerprint density at radius 1 is 1.47 bits per heavy atom. The molecule has 0 aromatic carbocycles. The fraction of sp³-hybridized carbons (Fsp3) is 0.800. The first-order valence-electron chi connectivity index (χ1n) is 5.26. The number of aryl methyl sites for hydroxylation is 1. The van der Waals surface area contributed by atoms with Crippen LogP contribution in [0.1, 0.15) is 32.0 Å². The summed E-state index contributed by atoms with van der Waals surface area (Å²) in [6.45, 7) is 7.03. The van der Waals surface area contributed by atoms with Gasteiger partial charge in [-0.15, -0.1) is 0 Å². The minimum Gasteiger partial charge on any atom is -0.392 e. The van der Waals surface area contributed by atoms with E-state index in [9.17, 15) is 5.11 Å². The molecule has 5 heteroatoms. The van der Waals surface area contributed by atoms with Crippen molar-refractivity contribution in [3.8, 4) is 0 Å². The SMILES string of the molecule is Cc1nc(CNCC(O)CC(C)C)no1. The number of aliphatic hydroxyl groups excluding tert-OH is 1. The average Bonchev–Trinajstić information content (AvgIpc) is 2.50. The van der Waals surface area contributed by atoms with Crippen LogP contribution in [0.4, 0.5) is 0 Å². The summed E-state index contributed by atoms with van der Waals surface area (Å²) in [7, 11) is 0. The van der Waals surface area contributed by atoms with Crippen LogP contribution in [0.2, 0.25) is 0 Å². The normalized spacial score (nSPS) is 13.4. The number of aromatic nitrogens is 2. The van der Waals surface area contributed by atoms with Crippen molar-refractivity contribution >= 4 is 0 Å². The van der Waals surface area contributed by atoms with Crippen LogP contribution in [-0.4, -0.2) is 27.9 Å². The van der Waals surface area contributed by atoms with Gasteiger partial charge in [-0.1, -0.05) is 19.0 Å². The highest BCUT2D eigenvalue weighted by molar-refractivity contribution is 4.83. The molecular weight excluding hydrogens is 194 g/mol. The highest BCUT2D eigenvalue weighted by Gasteiger charge is 2.07. The number of nitrogens with one attached hydrogen (secondary N) is 1. The van der Waals surface area contributed by atoms with Gasteiger partial charge in [-0.2, -0.15) is 4.98 Å². The summed E-state index contributed by atoms with van der Waals surface area (Å²) >= 11 is 0. The molecule has 0 aliphatic carbocycles. The molecule has 5 nitrogen and oxygen atoms in total. The van der Waals surface area contributed by atoms with Gasteiger partial charge in [0.15, 0.2) is 5.82 Å². The van der Waals surface area contributed by atoms with Crippen molar-refractivity contribution in [1.82, 2.24) is 15.5 Å². The lowest BCUT2D eigenvalue weighted by Crippen LogP contribution is -2.27. The maximum atomic E-state index is 9.58. The van der Waals surface area contributed by atoms with Crippen molar-refractivity contribution in [2.75, 3.05) is 6.54 Å². The predicted molar refractivity (Wildman–Crippen MR) is 56.2 cm³/mol. The molecule has 1 heterocycles. The second kappa shape index (κ2) is 5.82. The first kappa shape index (κ1) is 12.1. The summed E-state index contributed by atoms with van der Waals surface area (Å²) in [5, 5.41) is 16.4. The molecule has 1 unspecified atom stereocenters. The zero-order chi connectivity index (χ0) is 11.3. The number of nitrogens with zero attached hydrogens (tertiary/aromatic N) is 2. The van der Waals surface area contributed by atoms with Crippen molar-refractivity contribution in [3.63, 3.8) is 0 Å². The van der Waals surface area contributed by atoms with Crippen LogP contribution < -0.4 is 5.32 Å². The van der Waals surface area contributed by atoms with Gasteiger partial charge in [-0.25, -0.2) is 0 Å². The molecule has 15 heavy (non-hydrogen) atoms. The summed E-state index contributed by atoms with van der Waals surface area (Å²) < 4.78 is 4.82. The summed E-state index contributed by atoms with van der Waals surface area (Å²) in [6.07, 6.45) is 0.496. The lowest BCUT2D eigenvalue weighted by molar-refractivity contribution is 0.146. The monoisotopic (exact) mass is 213 g/mol. The minimum atomic E-state index is -0.307. The van der Waals surface area contributed by atoms with E-state index in [2.05, 4.69) is 29.3 Å². The molecule has 0 aliphatic heterocycles. The molecule has 1 rings (SSSR count). The van der Waals surface area contributed by atoms with Crippen molar-refractivity contribution in [2.45, 2.75) is 39.8 Å². The van der Waals surface area contributed by atoms with Gasteiger partial charge in [0.2, 0.25) is 5.89 Å². The van der Waals surface area contributed by atoms with E-state index in [1.807, 2.05) is 0 Å². The summed E-state index contributed by atoms with van der Waals surface area (Å²) in [4.78, 5) is 4.05. The van der Waals surface area contributed by atoms with E-state index >= 15 is 0 Å². The van der Waals surface area contributed by atoms with Crippen LogP contribution in [0.15, 0.2) is 4.52 Å². The largest absolute Gasteiger partial charge is 0.392 e. The third-order valence-electron chi connectivity index (χ3n) is 1.98. The molecule has 86 valence electrons. The molecule has 1 atom stereocenters. The molecule has 0 bridgehead atoms. The molecule has 1 aromatic rings. The average molecular weight is 213 g/mol. The van der Waals surface area contributed by atoms with Crippen molar-refractivity contribution < 1.29 is 9.63 Å². The number of aliphatic hydroxyl groups is 1. The molecule has 2 N–H and O–H groups in total. The standard InChI is InChI=1S/C10H19N3O2/c1-7(2)4-9(14)5-11-6-10-12-8(3)15-13-10/h7,9,11,14H,4-6H2,1-3H3. The van der Waals surface area contributed by atoms with Crippen LogP contribution in [0.3, 0.4) is 0 Å². The topological polar surface area (TPSA) is 71.2 Å². The second-order valence-corrected chi connectivity index (χ2v) is 4.14. The van der Waals surface area contributed by atoms with Crippen molar-refractivity contribution in [2.24, 2.45) is 5.92 Å². The Bertz CT molecular complexity index is 286. The van der Waals surface area contributed by atoms with Gasteiger partial charge in [0, 0.05) is 13.5 Å². The molecule has 0 saturated carbocycles. The van der Waals surface area contributed by atoms with Gasteiger partial charge in [-0.3, -0.25) is 0 Å². The fourth-order valence-electron chi connectivity index (χ4n) is 1.39. The maximum Gasteiger partial charge on any atom is 0.223 e. The van der Waals surface area contributed by atoms with Crippen molar-refractivity contribution in [3.05, 3.63) is 11.7 Å². The van der Waals surface area contributed by atoms with Crippen LogP contribution in [0, 0.1) is 12.8 Å². The van der Waals surface area contributed by atoms with E-state index < -0.39 is 0 Å². The van der Waals surface area contributed by atoms with Crippen molar-refractivity contribution in [1.29, 1.82) is 0 Å². The van der Waals surface area contributed by atoms with Gasteiger partial charge in [0.25, 0.3) is 0 Å². The zero-order valence-electron chi connectivity index (χ0n) is 9.53. The molecule has 0 fully saturated rings. The Morgan fingerprint density at radius 3 is 2.73 bits per heavy atom. The molecule has 1 aromatic heterocycles. The van der Waals surface area contributed by atoms with E-state index in [4.69, 9.17) is 4.52 Å². The van der Waals surface area contributed by atoms with Crippen LogP contribution in [-0.2, 0) is 6.54 Å². The van der Waals surface area contributed by atoms with Gasteiger partial charge in [0.1, 0.15) is 0 Å². The molecular formula is C10H19N3O2. The van der Waals surface area contributed by atoms with Gasteiger partial charge < -0.3 is 14.9 Å². The van der Waals surface area contributed by atoms with Crippen LogP contribution in [0.25, 0.3) is 0 Å². The van der Waals surface area contributed by atoms with Gasteiger partial charge in [-0.05, 0) is 12.3 Å². The smallest absolute Gasteiger partial charge is 0.223 e. The van der Waals surface area contributed by atoms with E-state index in [0.717, 1.165) is 6.42 Å². The third kappa shape index (κ3) is 4.90. The van der Waals surface area contributed by atoms with Gasteiger partial charge in [0.05, 0.1) is 12.6 Å². The number of rotatable bonds is 6. The highest BCUT2D eigenvalue weighted by Crippen LogP contribution is 2.03. The molecule has 0 spiro atoms. The summed E-state index contributed by atoms with van der Waals surface area (Å²) in [6, 6.07) is 0. The Morgan fingerprint density at radius 2 is 2.20 bits per heavy atom. The molecule has 0 amide bonds. The molecule has 0 saturated heterocycles. The van der Waals surface area contributed by atoms with E-state index in [0.29, 0.717) is 30.7 Å². The Kier molecular flexibility index (Phi) is 4.71. The first-order valence-corrected chi connectivity index (χ1v) is 5.26. The predicted octanol–water partition coefficient (Wildman–Crippen LogP) is 0.875. The summed E-state index contributed by atoms with van der Waals surface area (Å²) in [5.74, 6) is 1.70. The summed E-state index contributed by atoms with van der Waals surface area (Å²) in [5.41, 5.74) is 0. The maximum absolute atomic E-state index is 9.58. The zero-order valence-corrected chi connectivity index (χ0v) is 9.53. The number of hydrogen-bond donors (Lipinski definition) is 2. The van der Waals surface area contributed by atoms with Gasteiger partial charge >= 0.3 is 0 Å². The quantitative estimate of drug-likeness (QED) is 0.733. The van der Waals surface area contributed by atoms with E-state index in [1.54, 1.807) is 6.92 Å². The molecule has 0 radical (unpaired) electrons. The Labute approximate surface area is 89.9 Å². The molecule has 0 aliphatic rings. The lowest BCUT2D eigenvalue weighted by Gasteiger charge is -2.12. The third-order valence-corrected chi connectivity index (χ3v) is 1.98. The van der Waals surface area contributed by atoms with E-state index in [-0.39, 0.29) is 6.10 Å². The van der Waals surface area contributed by atoms with Crippen LogP contribution >= 0.6 is 0 Å². The first-order chi connectivity index (χ1) is 7.08. The highest BCUT2D eigenvalue weighted by atomic mass is 16.5. The Hall–Kier alpha value is -0.940. The van der Waals surface area contributed by atoms with Crippen LogP contribution in [0.5, 0.6) is 0 Å². The number of hydrogen-bond acceptors (Lipinski definition) is 5. The Balaban J connectivity index is 2.16. The lowest BCUT2D eigenvalue weighted by atomic mass is 10.1. The fourth-order valence-corrected chi connectivity index (χ4v) is 1.39.